The Morgan fingerprint density at radius 2 is 1.84 bits per heavy atom. The lowest BCUT2D eigenvalue weighted by molar-refractivity contribution is -0.0208. The van der Waals surface area contributed by atoms with Crippen molar-refractivity contribution in [1.29, 1.82) is 0 Å². The number of likely N-dealkylation sites (N-methyl/N-ethyl adjacent to an activating group) is 1. The van der Waals surface area contributed by atoms with Gasteiger partial charge >= 0.3 is 0 Å². The lowest BCUT2D eigenvalue weighted by atomic mass is 10.1. The largest absolute Gasteiger partial charge is 0.371 e. The highest BCUT2D eigenvalue weighted by atomic mass is 32.2. The molecule has 226 valence electrons. The molecule has 4 aromatic heterocycles. The van der Waals surface area contributed by atoms with Crippen LogP contribution in [0.1, 0.15) is 30.2 Å². The van der Waals surface area contributed by atoms with E-state index in [4.69, 9.17) is 9.72 Å². The number of anilines is 2. The summed E-state index contributed by atoms with van der Waals surface area (Å²) in [7, 11) is -1.82. The minimum Gasteiger partial charge on any atom is -0.371 e. The molecule has 7 rings (SSSR count). The topological polar surface area (TPSA) is 137 Å². The molecule has 0 bridgehead atoms. The molecule has 1 aliphatic carbocycles. The Morgan fingerprint density at radius 3 is 2.57 bits per heavy atom. The molecule has 0 radical (unpaired) electrons. The first-order valence-corrected chi connectivity index (χ1v) is 16.0. The molecule has 1 saturated carbocycles. The SMILES string of the molecule is Cc1c(-c2cc3cnc(Nc4ccc(C5CN(C)CCO5)cc4)nc3n(CC3CC3)c2=O)ncn1S(=O)(=O)c1ccncc1. The van der Waals surface area contributed by atoms with Gasteiger partial charge in [0, 0.05) is 49.3 Å². The molecule has 5 aromatic rings. The van der Waals surface area contributed by atoms with Gasteiger partial charge in [-0.15, -0.1) is 0 Å². The van der Waals surface area contributed by atoms with Gasteiger partial charge in [-0.3, -0.25) is 14.3 Å². The molecule has 0 spiro atoms. The minimum atomic E-state index is -3.92. The fourth-order valence-electron chi connectivity index (χ4n) is 5.53. The zero-order valence-electron chi connectivity index (χ0n) is 24.4. The van der Waals surface area contributed by atoms with Crippen LogP contribution in [0.2, 0.25) is 0 Å². The van der Waals surface area contributed by atoms with E-state index < -0.39 is 10.0 Å². The number of imidazole rings is 1. The number of rotatable bonds is 8. The Labute approximate surface area is 254 Å². The number of aromatic nitrogens is 6. The average molecular weight is 613 g/mol. The molecule has 2 aliphatic rings. The fraction of sp³-hybridized carbons (Fsp3) is 0.323. The first-order valence-electron chi connectivity index (χ1n) is 14.6. The summed E-state index contributed by atoms with van der Waals surface area (Å²) in [6.45, 7) is 4.65. The van der Waals surface area contributed by atoms with E-state index in [0.717, 1.165) is 41.2 Å². The van der Waals surface area contributed by atoms with Crippen molar-refractivity contribution < 1.29 is 13.2 Å². The summed E-state index contributed by atoms with van der Waals surface area (Å²) in [5.74, 6) is 0.761. The van der Waals surface area contributed by atoms with E-state index >= 15 is 0 Å². The van der Waals surface area contributed by atoms with Crippen molar-refractivity contribution in [3.8, 4) is 11.3 Å². The van der Waals surface area contributed by atoms with Gasteiger partial charge in [0.05, 0.1) is 34.6 Å². The molecule has 0 amide bonds. The highest BCUT2D eigenvalue weighted by Crippen LogP contribution is 2.32. The number of benzene rings is 1. The van der Waals surface area contributed by atoms with E-state index in [1.165, 1.54) is 30.9 Å². The number of nitrogens with zero attached hydrogens (tertiary/aromatic N) is 7. The second-order valence-electron chi connectivity index (χ2n) is 11.4. The van der Waals surface area contributed by atoms with E-state index in [-0.39, 0.29) is 16.6 Å². The van der Waals surface area contributed by atoms with Crippen LogP contribution in [0.3, 0.4) is 0 Å². The molecular weight excluding hydrogens is 580 g/mol. The molecule has 44 heavy (non-hydrogen) atoms. The van der Waals surface area contributed by atoms with Crippen LogP contribution < -0.4 is 10.9 Å². The van der Waals surface area contributed by atoms with Crippen LogP contribution >= 0.6 is 0 Å². The molecule has 1 N–H and O–H groups in total. The summed E-state index contributed by atoms with van der Waals surface area (Å²) in [5, 5.41) is 3.92. The second kappa shape index (κ2) is 11.2. The predicted octanol–water partition coefficient (Wildman–Crippen LogP) is 3.75. The van der Waals surface area contributed by atoms with Crippen molar-refractivity contribution >= 4 is 32.7 Å². The van der Waals surface area contributed by atoms with Crippen LogP contribution in [0.5, 0.6) is 0 Å². The maximum atomic E-state index is 14.0. The third kappa shape index (κ3) is 5.38. The van der Waals surface area contributed by atoms with Crippen LogP contribution in [-0.2, 0) is 21.3 Å². The number of fused-ring (bicyclic) bond motifs is 1. The number of ether oxygens (including phenoxy) is 1. The molecule has 1 unspecified atom stereocenters. The highest BCUT2D eigenvalue weighted by molar-refractivity contribution is 7.90. The summed E-state index contributed by atoms with van der Waals surface area (Å²) < 4.78 is 35.3. The van der Waals surface area contributed by atoms with Crippen molar-refractivity contribution in [3.63, 3.8) is 0 Å². The first kappa shape index (κ1) is 28.3. The summed E-state index contributed by atoms with van der Waals surface area (Å²) in [6, 6.07) is 12.6. The van der Waals surface area contributed by atoms with Crippen molar-refractivity contribution in [3.05, 3.63) is 89.0 Å². The van der Waals surface area contributed by atoms with Gasteiger partial charge in [-0.25, -0.2) is 22.4 Å². The van der Waals surface area contributed by atoms with E-state index in [2.05, 4.69) is 32.2 Å². The number of pyridine rings is 2. The van der Waals surface area contributed by atoms with Crippen molar-refractivity contribution in [1.82, 2.24) is 33.4 Å². The molecule has 5 heterocycles. The normalized spacial score (nSPS) is 17.6. The van der Waals surface area contributed by atoms with Gasteiger partial charge in [-0.05, 0) is 68.6 Å². The first-order chi connectivity index (χ1) is 21.3. The summed E-state index contributed by atoms with van der Waals surface area (Å²) in [4.78, 5) is 33.9. The Bertz CT molecular complexity index is 2000. The van der Waals surface area contributed by atoms with Crippen LogP contribution in [0.15, 0.2) is 77.1 Å². The lowest BCUT2D eigenvalue weighted by Crippen LogP contribution is -2.35. The molecule has 1 saturated heterocycles. The van der Waals surface area contributed by atoms with Crippen LogP contribution in [0.4, 0.5) is 11.6 Å². The molecule has 1 atom stereocenters. The minimum absolute atomic E-state index is 0.0385. The number of hydrogen-bond acceptors (Lipinski definition) is 10. The van der Waals surface area contributed by atoms with E-state index in [0.29, 0.717) is 53.0 Å². The smallest absolute Gasteiger partial charge is 0.269 e. The van der Waals surface area contributed by atoms with Gasteiger partial charge in [-0.1, -0.05) is 12.1 Å². The van der Waals surface area contributed by atoms with Gasteiger partial charge in [0.15, 0.2) is 0 Å². The lowest BCUT2D eigenvalue weighted by Gasteiger charge is -2.30. The summed E-state index contributed by atoms with van der Waals surface area (Å²) >= 11 is 0. The Kier molecular flexibility index (Phi) is 7.23. The molecule has 13 heteroatoms. The maximum Gasteiger partial charge on any atom is 0.269 e. The molecule has 1 aromatic carbocycles. The van der Waals surface area contributed by atoms with Crippen molar-refractivity contribution in [2.24, 2.45) is 5.92 Å². The summed E-state index contributed by atoms with van der Waals surface area (Å²) in [6.07, 6.45) is 7.88. The van der Waals surface area contributed by atoms with E-state index in [9.17, 15) is 13.2 Å². The number of hydrogen-bond donors (Lipinski definition) is 1. The van der Waals surface area contributed by atoms with Crippen molar-refractivity contribution in [2.45, 2.75) is 37.3 Å². The molecule has 1 aliphatic heterocycles. The van der Waals surface area contributed by atoms with Crippen LogP contribution in [0.25, 0.3) is 22.3 Å². The van der Waals surface area contributed by atoms with Gasteiger partial charge < -0.3 is 15.0 Å². The fourth-order valence-corrected chi connectivity index (χ4v) is 6.84. The maximum absolute atomic E-state index is 14.0. The molecule has 2 fully saturated rings. The van der Waals surface area contributed by atoms with E-state index in [1.54, 1.807) is 23.8 Å². The molecular formula is C31H32N8O4S. The monoisotopic (exact) mass is 612 g/mol. The summed E-state index contributed by atoms with van der Waals surface area (Å²) in [5.41, 5.74) is 3.11. The van der Waals surface area contributed by atoms with Gasteiger partial charge in [0.25, 0.3) is 15.6 Å². The average Bonchev–Trinajstić information content (AvgIpc) is 3.77. The highest BCUT2D eigenvalue weighted by Gasteiger charge is 2.27. The third-order valence-electron chi connectivity index (χ3n) is 8.20. The predicted molar refractivity (Wildman–Crippen MR) is 165 cm³/mol. The number of morpholine rings is 1. The van der Waals surface area contributed by atoms with Gasteiger partial charge in [0.2, 0.25) is 5.95 Å². The Hall–Kier alpha value is -4.46. The van der Waals surface area contributed by atoms with Crippen molar-refractivity contribution in [2.75, 3.05) is 32.1 Å². The third-order valence-corrected chi connectivity index (χ3v) is 9.95. The van der Waals surface area contributed by atoms with Gasteiger partial charge in [0.1, 0.15) is 12.0 Å². The zero-order chi connectivity index (χ0) is 30.4. The standard InChI is InChI=1S/C31H32N8O4S/c1-20-28(34-19-39(20)44(41,42)25-9-11-32-12-10-25)26-15-23-16-33-31(36-29(23)38(30(26)40)17-21-3-4-21)35-24-7-5-22(6-8-24)27-18-37(2)13-14-43-27/h5-12,15-16,19,21,27H,3-4,13-14,17-18H2,1-2H3,(H,33,35,36). The Morgan fingerprint density at radius 1 is 1.07 bits per heavy atom. The van der Waals surface area contributed by atoms with Gasteiger partial charge in [-0.2, -0.15) is 4.98 Å². The second-order valence-corrected chi connectivity index (χ2v) is 13.2. The van der Waals surface area contributed by atoms with Crippen LogP contribution in [-0.4, -0.2) is 68.5 Å². The van der Waals surface area contributed by atoms with E-state index in [1.807, 2.05) is 24.3 Å². The Balaban J connectivity index is 1.22. The zero-order valence-corrected chi connectivity index (χ0v) is 25.2. The van der Waals surface area contributed by atoms with Crippen LogP contribution in [0, 0.1) is 12.8 Å². The quantitative estimate of drug-likeness (QED) is 0.276. The number of nitrogens with one attached hydrogen (secondary N) is 1. The molecule has 12 nitrogen and oxygen atoms in total.